The highest BCUT2D eigenvalue weighted by atomic mass is 35.5. The molecule has 2 rings (SSSR count). The lowest BCUT2D eigenvalue weighted by Crippen LogP contribution is -2.37. The van der Waals surface area contributed by atoms with Gasteiger partial charge in [-0.2, -0.15) is 0 Å². The maximum atomic E-state index is 11.7. The van der Waals surface area contributed by atoms with E-state index in [1.54, 1.807) is 32.4 Å². The van der Waals surface area contributed by atoms with E-state index in [2.05, 4.69) is 25.9 Å². The predicted octanol–water partition coefficient (Wildman–Crippen LogP) is 2.00. The molecule has 1 aromatic carbocycles. The van der Waals surface area contributed by atoms with Gasteiger partial charge in [0.15, 0.2) is 5.96 Å². The SMILES string of the molecule is CN=C(NCCc1cccc(C(=O)NC)c1)NCc1ccc(Cl)nc1. The van der Waals surface area contributed by atoms with Gasteiger partial charge in [-0.15, -0.1) is 0 Å². The molecule has 0 saturated carbocycles. The highest BCUT2D eigenvalue weighted by Gasteiger charge is 2.04. The Morgan fingerprint density at radius 3 is 2.72 bits per heavy atom. The van der Waals surface area contributed by atoms with Crippen molar-refractivity contribution in [1.29, 1.82) is 0 Å². The molecule has 0 aliphatic heterocycles. The number of pyridine rings is 1. The second-order valence-corrected chi connectivity index (χ2v) is 5.76. The van der Waals surface area contributed by atoms with Gasteiger partial charge in [-0.3, -0.25) is 9.79 Å². The van der Waals surface area contributed by atoms with Crippen LogP contribution in [0.15, 0.2) is 47.6 Å². The van der Waals surface area contributed by atoms with Crippen molar-refractivity contribution in [3.63, 3.8) is 0 Å². The predicted molar refractivity (Wildman–Crippen MR) is 101 cm³/mol. The van der Waals surface area contributed by atoms with Crippen LogP contribution in [0, 0.1) is 0 Å². The van der Waals surface area contributed by atoms with E-state index in [4.69, 9.17) is 11.6 Å². The van der Waals surface area contributed by atoms with Crippen molar-refractivity contribution in [2.45, 2.75) is 13.0 Å². The standard InChI is InChI=1S/C18H22ClN5O/c1-20-17(25)15-5-3-4-13(10-15)8-9-22-18(21-2)24-12-14-6-7-16(19)23-11-14/h3-7,10-11H,8-9,12H2,1-2H3,(H,20,25)(H2,21,22,24). The van der Waals surface area contributed by atoms with Crippen LogP contribution in [0.2, 0.25) is 5.15 Å². The second-order valence-electron chi connectivity index (χ2n) is 5.37. The number of rotatable bonds is 6. The molecule has 0 spiro atoms. The molecule has 0 fully saturated rings. The molecule has 0 bridgehead atoms. The van der Waals surface area contributed by atoms with Crippen molar-refractivity contribution in [3.05, 3.63) is 64.4 Å². The summed E-state index contributed by atoms with van der Waals surface area (Å²) < 4.78 is 0. The van der Waals surface area contributed by atoms with Crippen LogP contribution in [0.4, 0.5) is 0 Å². The van der Waals surface area contributed by atoms with E-state index in [0.717, 1.165) is 17.5 Å². The summed E-state index contributed by atoms with van der Waals surface area (Å²) in [7, 11) is 3.35. The van der Waals surface area contributed by atoms with Gasteiger partial charge in [0, 0.05) is 38.9 Å². The largest absolute Gasteiger partial charge is 0.356 e. The van der Waals surface area contributed by atoms with Crippen LogP contribution in [0.3, 0.4) is 0 Å². The van der Waals surface area contributed by atoms with Gasteiger partial charge in [0.1, 0.15) is 5.15 Å². The molecule has 0 radical (unpaired) electrons. The van der Waals surface area contributed by atoms with Gasteiger partial charge < -0.3 is 16.0 Å². The summed E-state index contributed by atoms with van der Waals surface area (Å²) in [5.41, 5.74) is 2.77. The molecule has 132 valence electrons. The molecule has 1 amide bonds. The fourth-order valence-corrected chi connectivity index (χ4v) is 2.37. The third-order valence-electron chi connectivity index (χ3n) is 3.59. The first kappa shape index (κ1) is 18.7. The first-order valence-corrected chi connectivity index (χ1v) is 8.36. The molecule has 1 aromatic heterocycles. The van der Waals surface area contributed by atoms with Gasteiger partial charge in [-0.25, -0.2) is 4.98 Å². The Labute approximate surface area is 152 Å². The molecule has 0 unspecified atom stereocenters. The molecule has 6 nitrogen and oxygen atoms in total. The first-order valence-electron chi connectivity index (χ1n) is 7.98. The van der Waals surface area contributed by atoms with E-state index >= 15 is 0 Å². The number of aromatic nitrogens is 1. The fraction of sp³-hybridized carbons (Fsp3) is 0.278. The zero-order chi connectivity index (χ0) is 18.1. The Balaban J connectivity index is 1.81. The van der Waals surface area contributed by atoms with E-state index in [9.17, 15) is 4.79 Å². The highest BCUT2D eigenvalue weighted by molar-refractivity contribution is 6.29. The lowest BCUT2D eigenvalue weighted by Gasteiger charge is -2.12. The smallest absolute Gasteiger partial charge is 0.251 e. The molecule has 7 heteroatoms. The Kier molecular flexibility index (Phi) is 7.22. The first-order chi connectivity index (χ1) is 12.1. The number of benzene rings is 1. The molecule has 3 N–H and O–H groups in total. The molecule has 0 atom stereocenters. The van der Waals surface area contributed by atoms with Crippen molar-refractivity contribution >= 4 is 23.5 Å². The normalized spacial score (nSPS) is 11.1. The third kappa shape index (κ3) is 6.08. The number of amides is 1. The van der Waals surface area contributed by atoms with E-state index < -0.39 is 0 Å². The van der Waals surface area contributed by atoms with Crippen LogP contribution in [0.25, 0.3) is 0 Å². The van der Waals surface area contributed by atoms with Crippen LogP contribution in [0.5, 0.6) is 0 Å². The fourth-order valence-electron chi connectivity index (χ4n) is 2.26. The van der Waals surface area contributed by atoms with Crippen molar-refractivity contribution in [3.8, 4) is 0 Å². The lowest BCUT2D eigenvalue weighted by molar-refractivity contribution is 0.0963. The molecule has 0 saturated heterocycles. The Hall–Kier alpha value is -2.60. The van der Waals surface area contributed by atoms with Crippen LogP contribution in [-0.2, 0) is 13.0 Å². The van der Waals surface area contributed by atoms with Crippen molar-refractivity contribution < 1.29 is 4.79 Å². The molecular weight excluding hydrogens is 338 g/mol. The summed E-state index contributed by atoms with van der Waals surface area (Å²) in [6.45, 7) is 1.31. The third-order valence-corrected chi connectivity index (χ3v) is 3.82. The Bertz CT molecular complexity index is 731. The molecule has 25 heavy (non-hydrogen) atoms. The maximum Gasteiger partial charge on any atom is 0.251 e. The summed E-state index contributed by atoms with van der Waals surface area (Å²) in [6, 6.07) is 11.3. The van der Waals surface area contributed by atoms with Gasteiger partial charge >= 0.3 is 0 Å². The van der Waals surface area contributed by atoms with Crippen LogP contribution in [0.1, 0.15) is 21.5 Å². The molecule has 0 aliphatic rings. The molecule has 1 heterocycles. The van der Waals surface area contributed by atoms with Gasteiger partial charge in [0.25, 0.3) is 5.91 Å². The Morgan fingerprint density at radius 1 is 1.20 bits per heavy atom. The number of nitrogens with zero attached hydrogens (tertiary/aromatic N) is 2. The highest BCUT2D eigenvalue weighted by Crippen LogP contribution is 2.06. The zero-order valence-corrected chi connectivity index (χ0v) is 15.1. The zero-order valence-electron chi connectivity index (χ0n) is 14.3. The number of hydrogen-bond donors (Lipinski definition) is 3. The van der Waals surface area contributed by atoms with E-state index in [0.29, 0.717) is 29.8 Å². The van der Waals surface area contributed by atoms with E-state index in [1.807, 2.05) is 24.3 Å². The van der Waals surface area contributed by atoms with E-state index in [1.165, 1.54) is 0 Å². The summed E-state index contributed by atoms with van der Waals surface area (Å²) >= 11 is 5.78. The van der Waals surface area contributed by atoms with Crippen LogP contribution in [-0.4, -0.2) is 37.5 Å². The van der Waals surface area contributed by atoms with Gasteiger partial charge in [0.2, 0.25) is 0 Å². The number of carbonyl (C=O) groups excluding carboxylic acids is 1. The van der Waals surface area contributed by atoms with Gasteiger partial charge in [-0.05, 0) is 35.7 Å². The summed E-state index contributed by atoms with van der Waals surface area (Å²) in [4.78, 5) is 19.9. The Morgan fingerprint density at radius 2 is 2.04 bits per heavy atom. The minimum atomic E-state index is -0.0798. The number of carbonyl (C=O) groups is 1. The molecule has 2 aromatic rings. The number of halogens is 1. The summed E-state index contributed by atoms with van der Waals surface area (Å²) in [5.74, 6) is 0.626. The second kappa shape index (κ2) is 9.64. The quantitative estimate of drug-likeness (QED) is 0.419. The van der Waals surface area contributed by atoms with Crippen molar-refractivity contribution in [2.75, 3.05) is 20.6 Å². The monoisotopic (exact) mass is 359 g/mol. The summed E-state index contributed by atoms with van der Waals surface area (Å²) in [5, 5.41) is 9.58. The van der Waals surface area contributed by atoms with Crippen LogP contribution >= 0.6 is 11.6 Å². The summed E-state index contributed by atoms with van der Waals surface area (Å²) in [6.07, 6.45) is 2.51. The number of guanidine groups is 1. The minimum Gasteiger partial charge on any atom is -0.356 e. The topological polar surface area (TPSA) is 78.4 Å². The van der Waals surface area contributed by atoms with E-state index in [-0.39, 0.29) is 5.91 Å². The lowest BCUT2D eigenvalue weighted by atomic mass is 10.1. The minimum absolute atomic E-state index is 0.0798. The van der Waals surface area contributed by atoms with Crippen LogP contribution < -0.4 is 16.0 Å². The number of hydrogen-bond acceptors (Lipinski definition) is 3. The number of nitrogens with one attached hydrogen (secondary N) is 3. The molecular formula is C18H22ClN5O. The van der Waals surface area contributed by atoms with Crippen molar-refractivity contribution in [2.24, 2.45) is 4.99 Å². The number of aliphatic imine (C=N–C) groups is 1. The molecule has 0 aliphatic carbocycles. The average Bonchev–Trinajstić information content (AvgIpc) is 2.65. The maximum absolute atomic E-state index is 11.7. The average molecular weight is 360 g/mol. The van der Waals surface area contributed by atoms with Crippen molar-refractivity contribution in [1.82, 2.24) is 20.9 Å². The van der Waals surface area contributed by atoms with Gasteiger partial charge in [0.05, 0.1) is 0 Å². The van der Waals surface area contributed by atoms with Gasteiger partial charge in [-0.1, -0.05) is 29.8 Å².